The zero-order valence-electron chi connectivity index (χ0n) is 6.48. The first-order chi connectivity index (χ1) is 4.77. The van der Waals surface area contributed by atoms with Gasteiger partial charge in [0.05, 0.1) is 5.00 Å². The number of nitrogen functional groups attached to an aromatic ring is 1. The molecule has 0 aromatic carbocycles. The van der Waals surface area contributed by atoms with Crippen molar-refractivity contribution in [3.8, 4) is 0 Å². The van der Waals surface area contributed by atoms with E-state index < -0.39 is 0 Å². The maximum Gasteiger partial charge on any atom is 0.0862 e. The molecule has 0 saturated carbocycles. The molecule has 10 heavy (non-hydrogen) atoms. The lowest BCUT2D eigenvalue weighted by Gasteiger charge is -1.92. The second kappa shape index (κ2) is 3.06. The number of anilines is 1. The lowest BCUT2D eigenvalue weighted by Crippen LogP contribution is -1.80. The number of nitrogens with two attached hydrogens (primary N) is 1. The van der Waals surface area contributed by atoms with E-state index in [0.29, 0.717) is 0 Å². The number of hydrogen-bond acceptors (Lipinski definition) is 2. The molecule has 56 valence electrons. The third-order valence-corrected chi connectivity index (χ3v) is 2.77. The summed E-state index contributed by atoms with van der Waals surface area (Å²) in [7, 11) is 0. The van der Waals surface area contributed by atoms with Crippen LogP contribution in [0.1, 0.15) is 24.3 Å². The van der Waals surface area contributed by atoms with Gasteiger partial charge in [-0.15, -0.1) is 11.3 Å². The minimum absolute atomic E-state index is 0.953. The van der Waals surface area contributed by atoms with E-state index in [1.165, 1.54) is 10.4 Å². The first-order valence-corrected chi connectivity index (χ1v) is 4.46. The molecule has 1 aromatic heterocycles. The number of hydrogen-bond donors (Lipinski definition) is 1. The van der Waals surface area contributed by atoms with Crippen molar-refractivity contribution in [2.45, 2.75) is 26.7 Å². The van der Waals surface area contributed by atoms with Crippen molar-refractivity contribution in [3.63, 3.8) is 0 Å². The van der Waals surface area contributed by atoms with Crippen LogP contribution in [0, 0.1) is 0 Å². The quantitative estimate of drug-likeness (QED) is 0.697. The van der Waals surface area contributed by atoms with E-state index in [-0.39, 0.29) is 0 Å². The summed E-state index contributed by atoms with van der Waals surface area (Å²) in [6.45, 7) is 4.34. The monoisotopic (exact) mass is 155 g/mol. The Morgan fingerprint density at radius 2 is 2.10 bits per heavy atom. The maximum absolute atomic E-state index is 5.65. The van der Waals surface area contributed by atoms with E-state index in [9.17, 15) is 0 Å². The molecule has 0 spiro atoms. The third-order valence-electron chi connectivity index (χ3n) is 1.62. The fourth-order valence-electron chi connectivity index (χ4n) is 1.09. The van der Waals surface area contributed by atoms with Gasteiger partial charge in [0.2, 0.25) is 0 Å². The highest BCUT2D eigenvalue weighted by Crippen LogP contribution is 2.24. The second-order valence-electron chi connectivity index (χ2n) is 2.30. The Morgan fingerprint density at radius 1 is 1.40 bits per heavy atom. The fraction of sp³-hybridized carbons (Fsp3) is 0.500. The minimum Gasteiger partial charge on any atom is -0.391 e. The molecule has 1 aromatic rings. The molecule has 0 aliphatic rings. The molecule has 1 rings (SSSR count). The third kappa shape index (κ3) is 1.32. The Balaban J connectivity index is 2.96. The zero-order valence-corrected chi connectivity index (χ0v) is 7.29. The first kappa shape index (κ1) is 7.61. The first-order valence-electron chi connectivity index (χ1n) is 3.65. The SMILES string of the molecule is CCc1cc(N)sc1CC. The number of rotatable bonds is 2. The molecule has 0 unspecified atom stereocenters. The van der Waals surface area contributed by atoms with Gasteiger partial charge >= 0.3 is 0 Å². The van der Waals surface area contributed by atoms with Crippen LogP contribution in [0.4, 0.5) is 5.00 Å². The Bertz CT molecular complexity index is 194. The highest BCUT2D eigenvalue weighted by atomic mass is 32.1. The molecule has 0 aliphatic carbocycles. The Hall–Kier alpha value is -0.500. The average molecular weight is 155 g/mol. The van der Waals surface area contributed by atoms with E-state index in [4.69, 9.17) is 5.73 Å². The van der Waals surface area contributed by atoms with Crippen LogP contribution in [-0.4, -0.2) is 0 Å². The van der Waals surface area contributed by atoms with Gasteiger partial charge in [0.25, 0.3) is 0 Å². The molecule has 2 heteroatoms. The maximum atomic E-state index is 5.65. The fourth-order valence-corrected chi connectivity index (χ4v) is 2.05. The van der Waals surface area contributed by atoms with Gasteiger partial charge in [0.15, 0.2) is 0 Å². The lowest BCUT2D eigenvalue weighted by molar-refractivity contribution is 1.07. The highest BCUT2D eigenvalue weighted by molar-refractivity contribution is 7.16. The number of aryl methyl sites for hydroxylation is 2. The molecule has 0 bridgehead atoms. The van der Waals surface area contributed by atoms with E-state index in [1.807, 2.05) is 0 Å². The molecule has 1 nitrogen and oxygen atoms in total. The number of thiophene rings is 1. The van der Waals surface area contributed by atoms with Gasteiger partial charge in [-0.05, 0) is 24.5 Å². The summed E-state index contributed by atoms with van der Waals surface area (Å²) in [4.78, 5) is 1.44. The van der Waals surface area contributed by atoms with Gasteiger partial charge in [-0.3, -0.25) is 0 Å². The van der Waals surface area contributed by atoms with Crippen LogP contribution in [0.25, 0.3) is 0 Å². The molecular formula is C8H13NS. The molecule has 0 saturated heterocycles. The van der Waals surface area contributed by atoms with Crippen molar-refractivity contribution in [3.05, 3.63) is 16.5 Å². The normalized spacial score (nSPS) is 10.2. The van der Waals surface area contributed by atoms with E-state index >= 15 is 0 Å². The van der Waals surface area contributed by atoms with Gasteiger partial charge in [-0.1, -0.05) is 13.8 Å². The average Bonchev–Trinajstić information content (AvgIpc) is 2.30. The van der Waals surface area contributed by atoms with Crippen molar-refractivity contribution in [1.82, 2.24) is 0 Å². The van der Waals surface area contributed by atoms with Crippen LogP contribution >= 0.6 is 11.3 Å². The van der Waals surface area contributed by atoms with Gasteiger partial charge in [0.1, 0.15) is 0 Å². The summed E-state index contributed by atoms with van der Waals surface area (Å²) in [5, 5.41) is 0.953. The largest absolute Gasteiger partial charge is 0.391 e. The van der Waals surface area contributed by atoms with Crippen molar-refractivity contribution < 1.29 is 0 Å². The summed E-state index contributed by atoms with van der Waals surface area (Å²) in [5.74, 6) is 0. The van der Waals surface area contributed by atoms with Crippen molar-refractivity contribution >= 4 is 16.3 Å². The molecule has 0 amide bonds. The predicted octanol–water partition coefficient (Wildman–Crippen LogP) is 2.46. The van der Waals surface area contributed by atoms with Crippen LogP contribution in [0.5, 0.6) is 0 Å². The molecule has 0 fully saturated rings. The summed E-state index contributed by atoms with van der Waals surface area (Å²) in [6, 6.07) is 2.09. The highest BCUT2D eigenvalue weighted by Gasteiger charge is 2.01. The van der Waals surface area contributed by atoms with Gasteiger partial charge in [-0.2, -0.15) is 0 Å². The topological polar surface area (TPSA) is 26.0 Å². The lowest BCUT2D eigenvalue weighted by atomic mass is 10.2. The van der Waals surface area contributed by atoms with Gasteiger partial charge in [0, 0.05) is 4.88 Å². The standard InChI is InChI=1S/C8H13NS/c1-3-6-5-8(9)10-7(6)4-2/h5H,3-4,9H2,1-2H3. The van der Waals surface area contributed by atoms with E-state index in [1.54, 1.807) is 11.3 Å². The molecular weight excluding hydrogens is 142 g/mol. The van der Waals surface area contributed by atoms with E-state index in [2.05, 4.69) is 19.9 Å². The van der Waals surface area contributed by atoms with Crippen molar-refractivity contribution in [2.75, 3.05) is 5.73 Å². The Kier molecular flexibility index (Phi) is 2.33. The van der Waals surface area contributed by atoms with Crippen molar-refractivity contribution in [1.29, 1.82) is 0 Å². The molecule has 0 aliphatic heterocycles. The van der Waals surface area contributed by atoms with Gasteiger partial charge < -0.3 is 5.73 Å². The predicted molar refractivity (Wildman–Crippen MR) is 47.5 cm³/mol. The van der Waals surface area contributed by atoms with Crippen LogP contribution in [0.15, 0.2) is 6.07 Å². The Morgan fingerprint density at radius 3 is 2.50 bits per heavy atom. The van der Waals surface area contributed by atoms with Crippen LogP contribution < -0.4 is 5.73 Å². The second-order valence-corrected chi connectivity index (χ2v) is 3.47. The summed E-state index contributed by atoms with van der Waals surface area (Å²) in [5.41, 5.74) is 7.07. The van der Waals surface area contributed by atoms with Crippen LogP contribution in [-0.2, 0) is 12.8 Å². The summed E-state index contributed by atoms with van der Waals surface area (Å²) >= 11 is 1.72. The van der Waals surface area contributed by atoms with E-state index in [0.717, 1.165) is 17.8 Å². The molecule has 0 radical (unpaired) electrons. The smallest absolute Gasteiger partial charge is 0.0862 e. The van der Waals surface area contributed by atoms with Crippen molar-refractivity contribution in [2.24, 2.45) is 0 Å². The summed E-state index contributed by atoms with van der Waals surface area (Å²) in [6.07, 6.45) is 2.22. The van der Waals surface area contributed by atoms with Crippen LogP contribution in [0.3, 0.4) is 0 Å². The Labute approximate surface area is 65.9 Å². The summed E-state index contributed by atoms with van der Waals surface area (Å²) < 4.78 is 0. The molecule has 0 atom stereocenters. The minimum atomic E-state index is 0.953. The molecule has 1 heterocycles. The zero-order chi connectivity index (χ0) is 7.56. The van der Waals surface area contributed by atoms with Crippen LogP contribution in [0.2, 0.25) is 0 Å². The van der Waals surface area contributed by atoms with Gasteiger partial charge in [-0.25, -0.2) is 0 Å². The molecule has 2 N–H and O–H groups in total.